The molecule has 116 valence electrons. The first-order valence-electron chi connectivity index (χ1n) is 8.37. The summed E-state index contributed by atoms with van der Waals surface area (Å²) in [5, 5.41) is 0. The Morgan fingerprint density at radius 3 is 2.83 bits per heavy atom. The Kier molecular flexibility index (Phi) is 3.77. The average Bonchev–Trinajstić information content (AvgIpc) is 2.57. The molecule has 1 aromatic carbocycles. The Morgan fingerprint density at radius 1 is 1.09 bits per heavy atom. The highest BCUT2D eigenvalue weighted by atomic mass is 16.1. The highest BCUT2D eigenvalue weighted by Gasteiger charge is 2.36. The third-order valence-corrected chi connectivity index (χ3v) is 5.02. The number of nitrogens with one attached hydrogen (secondary N) is 1. The van der Waals surface area contributed by atoms with Gasteiger partial charge in [0.2, 0.25) is 0 Å². The number of hydrogen-bond acceptors (Lipinski definition) is 1. The average molecular weight is 305 g/mol. The van der Waals surface area contributed by atoms with Gasteiger partial charge in [0.15, 0.2) is 0 Å². The van der Waals surface area contributed by atoms with E-state index in [4.69, 9.17) is 0 Å². The van der Waals surface area contributed by atoms with E-state index in [1.165, 1.54) is 12.1 Å². The van der Waals surface area contributed by atoms with E-state index in [1.807, 2.05) is 28.8 Å². The zero-order valence-electron chi connectivity index (χ0n) is 13.2. The van der Waals surface area contributed by atoms with Crippen LogP contribution in [0.15, 0.2) is 53.3 Å². The Morgan fingerprint density at radius 2 is 1.96 bits per heavy atom. The summed E-state index contributed by atoms with van der Waals surface area (Å²) < 4.78 is 1.99. The lowest BCUT2D eigenvalue weighted by molar-refractivity contribution is -0.903. The Balaban J connectivity index is 1.49. The van der Waals surface area contributed by atoms with Crippen molar-refractivity contribution in [3.05, 3.63) is 70.1 Å². The second-order valence-electron chi connectivity index (χ2n) is 6.70. The first-order valence-corrected chi connectivity index (χ1v) is 8.37. The van der Waals surface area contributed by atoms with Crippen LogP contribution in [0.2, 0.25) is 0 Å². The number of hydrogen-bond donors (Lipinski definition) is 1. The van der Waals surface area contributed by atoms with Crippen LogP contribution >= 0.6 is 0 Å². The Hall–Kier alpha value is -2.31. The van der Waals surface area contributed by atoms with E-state index < -0.39 is 0 Å². The van der Waals surface area contributed by atoms with E-state index in [9.17, 15) is 4.79 Å². The number of benzene rings is 1. The normalized spacial score (nSPS) is 25.1. The van der Waals surface area contributed by atoms with Crippen molar-refractivity contribution in [1.29, 1.82) is 0 Å². The third kappa shape index (κ3) is 2.95. The maximum atomic E-state index is 12.0. The van der Waals surface area contributed by atoms with E-state index in [2.05, 4.69) is 30.0 Å². The zero-order valence-corrected chi connectivity index (χ0v) is 13.2. The minimum Gasteiger partial charge on any atom is -0.324 e. The molecule has 0 spiro atoms. The standard InChI is InChI=1S/C20H20N2O/c23-20-10-4-9-19-18-12-17(14-22(19)20)13-21(15-18)11-5-8-16-6-2-1-3-7-16/h1-4,6-7,9-10,17-18H,11-15H2/p+1/t17-,18+/m1/s1. The number of nitrogens with zero attached hydrogens (tertiary/aromatic N) is 1. The molecule has 2 aliphatic heterocycles. The summed E-state index contributed by atoms with van der Waals surface area (Å²) >= 11 is 0. The second kappa shape index (κ2) is 6.06. The van der Waals surface area contributed by atoms with Crippen LogP contribution < -0.4 is 10.5 Å². The first-order chi connectivity index (χ1) is 11.3. The van der Waals surface area contributed by atoms with E-state index in [-0.39, 0.29) is 5.56 Å². The molecule has 1 N–H and O–H groups in total. The van der Waals surface area contributed by atoms with Gasteiger partial charge in [0.1, 0.15) is 6.54 Å². The highest BCUT2D eigenvalue weighted by Crippen LogP contribution is 2.29. The number of aromatic nitrogens is 1. The molecule has 1 aromatic heterocycles. The van der Waals surface area contributed by atoms with Gasteiger partial charge in [0.05, 0.1) is 13.1 Å². The van der Waals surface area contributed by atoms with Gasteiger partial charge in [0, 0.05) is 35.7 Å². The maximum absolute atomic E-state index is 12.0. The quantitative estimate of drug-likeness (QED) is 0.779. The molecule has 0 aliphatic carbocycles. The predicted octanol–water partition coefficient (Wildman–Crippen LogP) is 0.902. The molecule has 3 atom stereocenters. The number of piperidine rings is 1. The number of fused-ring (bicyclic) bond motifs is 4. The van der Waals surface area contributed by atoms with Gasteiger partial charge in [-0.3, -0.25) is 4.79 Å². The van der Waals surface area contributed by atoms with E-state index in [0.29, 0.717) is 11.8 Å². The first kappa shape index (κ1) is 14.3. The fraction of sp³-hybridized carbons (Fsp3) is 0.350. The molecule has 23 heavy (non-hydrogen) atoms. The molecule has 3 heterocycles. The van der Waals surface area contributed by atoms with Gasteiger partial charge in [-0.15, -0.1) is 0 Å². The summed E-state index contributed by atoms with van der Waals surface area (Å²) in [5.74, 6) is 7.71. The highest BCUT2D eigenvalue weighted by molar-refractivity contribution is 5.33. The molecule has 1 saturated heterocycles. The molecule has 0 amide bonds. The van der Waals surface area contributed by atoms with Gasteiger partial charge >= 0.3 is 0 Å². The number of likely N-dealkylation sites (tertiary alicyclic amines) is 1. The van der Waals surface area contributed by atoms with Crippen molar-refractivity contribution in [2.24, 2.45) is 5.92 Å². The van der Waals surface area contributed by atoms with Crippen LogP contribution in [-0.4, -0.2) is 24.2 Å². The van der Waals surface area contributed by atoms with Gasteiger partial charge in [-0.05, 0) is 30.5 Å². The van der Waals surface area contributed by atoms with Crippen molar-refractivity contribution in [1.82, 2.24) is 4.57 Å². The van der Waals surface area contributed by atoms with Gasteiger partial charge in [-0.25, -0.2) is 0 Å². The van der Waals surface area contributed by atoms with Crippen LogP contribution in [0.25, 0.3) is 0 Å². The van der Waals surface area contributed by atoms with Gasteiger partial charge in [-0.2, -0.15) is 0 Å². The molecule has 0 radical (unpaired) electrons. The second-order valence-corrected chi connectivity index (χ2v) is 6.70. The Bertz CT molecular complexity index is 813. The lowest BCUT2D eigenvalue weighted by Crippen LogP contribution is -3.14. The smallest absolute Gasteiger partial charge is 0.250 e. The van der Waals surface area contributed by atoms with Crippen molar-refractivity contribution in [2.75, 3.05) is 19.6 Å². The largest absolute Gasteiger partial charge is 0.324 e. The molecule has 1 unspecified atom stereocenters. The zero-order chi connectivity index (χ0) is 15.6. The molecule has 3 heteroatoms. The minimum absolute atomic E-state index is 0.157. The predicted molar refractivity (Wildman–Crippen MR) is 90.4 cm³/mol. The summed E-state index contributed by atoms with van der Waals surface area (Å²) in [7, 11) is 0. The van der Waals surface area contributed by atoms with Crippen LogP contribution in [0.3, 0.4) is 0 Å². The molecule has 2 aliphatic rings. The lowest BCUT2D eigenvalue weighted by atomic mass is 9.83. The SMILES string of the molecule is O=c1cccc2n1C[C@@H]1C[C@H]2C[NH+](CC#Cc2ccccc2)C1. The van der Waals surface area contributed by atoms with Gasteiger partial charge in [0.25, 0.3) is 5.56 Å². The van der Waals surface area contributed by atoms with Crippen molar-refractivity contribution >= 4 is 0 Å². The van der Waals surface area contributed by atoms with Crippen LogP contribution in [0.4, 0.5) is 0 Å². The summed E-state index contributed by atoms with van der Waals surface area (Å²) in [4.78, 5) is 13.6. The van der Waals surface area contributed by atoms with E-state index in [0.717, 1.165) is 31.7 Å². The third-order valence-electron chi connectivity index (χ3n) is 5.02. The molecular weight excluding hydrogens is 284 g/mol. The van der Waals surface area contributed by atoms with Crippen LogP contribution in [0.5, 0.6) is 0 Å². The summed E-state index contributed by atoms with van der Waals surface area (Å²) in [5.41, 5.74) is 2.47. The van der Waals surface area contributed by atoms with Gasteiger partial charge in [-0.1, -0.05) is 30.2 Å². The van der Waals surface area contributed by atoms with Crippen molar-refractivity contribution in [3.63, 3.8) is 0 Å². The summed E-state index contributed by atoms with van der Waals surface area (Å²) in [6.45, 7) is 3.98. The molecule has 1 fully saturated rings. The van der Waals surface area contributed by atoms with Crippen LogP contribution in [0, 0.1) is 17.8 Å². The monoisotopic (exact) mass is 305 g/mol. The summed E-state index contributed by atoms with van der Waals surface area (Å²) in [6, 6.07) is 15.9. The molecular formula is C20H21N2O+. The molecule has 3 nitrogen and oxygen atoms in total. The minimum atomic E-state index is 0.157. The number of rotatable bonds is 1. The van der Waals surface area contributed by atoms with E-state index >= 15 is 0 Å². The molecule has 2 bridgehead atoms. The van der Waals surface area contributed by atoms with Crippen molar-refractivity contribution in [3.8, 4) is 11.8 Å². The van der Waals surface area contributed by atoms with Crippen molar-refractivity contribution in [2.45, 2.75) is 18.9 Å². The molecule has 0 saturated carbocycles. The molecule has 4 rings (SSSR count). The number of quaternary nitrogens is 1. The fourth-order valence-corrected chi connectivity index (χ4v) is 4.06. The van der Waals surface area contributed by atoms with Crippen LogP contribution in [0.1, 0.15) is 23.6 Å². The number of pyridine rings is 1. The molecule has 2 aromatic rings. The Labute approximate surface area is 136 Å². The van der Waals surface area contributed by atoms with Crippen molar-refractivity contribution < 1.29 is 4.90 Å². The van der Waals surface area contributed by atoms with Gasteiger partial charge < -0.3 is 9.47 Å². The van der Waals surface area contributed by atoms with Crippen LogP contribution in [-0.2, 0) is 6.54 Å². The lowest BCUT2D eigenvalue weighted by Gasteiger charge is -2.39. The summed E-state index contributed by atoms with van der Waals surface area (Å²) in [6.07, 6.45) is 1.22. The topological polar surface area (TPSA) is 26.4 Å². The fourth-order valence-electron chi connectivity index (χ4n) is 4.06. The van der Waals surface area contributed by atoms with E-state index in [1.54, 1.807) is 11.0 Å². The maximum Gasteiger partial charge on any atom is 0.250 e.